The molecule has 1 aromatic carbocycles. The van der Waals surface area contributed by atoms with Crippen LogP contribution in [-0.4, -0.2) is 30.7 Å². The predicted molar refractivity (Wildman–Crippen MR) is 91.2 cm³/mol. The van der Waals surface area contributed by atoms with Crippen molar-refractivity contribution >= 4 is 6.03 Å². The summed E-state index contributed by atoms with van der Waals surface area (Å²) < 4.78 is 18.5. The number of hydrogen-bond acceptors (Lipinski definition) is 3. The molecule has 4 rings (SSSR count). The van der Waals surface area contributed by atoms with Gasteiger partial charge in [-0.15, -0.1) is 0 Å². The van der Waals surface area contributed by atoms with Gasteiger partial charge in [0.25, 0.3) is 0 Å². The van der Waals surface area contributed by atoms with Crippen LogP contribution in [-0.2, 0) is 12.8 Å². The molecule has 0 spiro atoms. The van der Waals surface area contributed by atoms with Crippen LogP contribution in [0.3, 0.4) is 0 Å². The van der Waals surface area contributed by atoms with E-state index in [2.05, 4.69) is 15.6 Å². The van der Waals surface area contributed by atoms with E-state index in [4.69, 9.17) is 4.74 Å². The van der Waals surface area contributed by atoms with E-state index in [1.165, 1.54) is 11.6 Å². The molecular weight excluding hydrogens is 321 g/mol. The molecule has 0 aliphatic heterocycles. The zero-order valence-corrected chi connectivity index (χ0v) is 14.0. The summed E-state index contributed by atoms with van der Waals surface area (Å²) in [5, 5.41) is 5.92. The van der Waals surface area contributed by atoms with E-state index < -0.39 is 0 Å². The fraction of sp³-hybridized carbons (Fsp3) is 0.368. The Kier molecular flexibility index (Phi) is 4.03. The maximum Gasteiger partial charge on any atom is 0.315 e. The molecular formula is C19H20FN3O2. The summed E-state index contributed by atoms with van der Waals surface area (Å²) in [5.74, 6) is 1.14. The topological polar surface area (TPSA) is 63.2 Å². The van der Waals surface area contributed by atoms with E-state index in [1.54, 1.807) is 19.4 Å². The van der Waals surface area contributed by atoms with Crippen LogP contribution in [0, 0.1) is 11.7 Å². The van der Waals surface area contributed by atoms with Crippen molar-refractivity contribution in [1.29, 1.82) is 0 Å². The fourth-order valence-electron chi connectivity index (χ4n) is 3.89. The van der Waals surface area contributed by atoms with Crippen LogP contribution < -0.4 is 15.4 Å². The van der Waals surface area contributed by atoms with Gasteiger partial charge in [0.2, 0.25) is 5.88 Å². The molecule has 1 aromatic heterocycles. The second kappa shape index (κ2) is 6.35. The number of nitrogens with one attached hydrogen (secondary N) is 2. The molecule has 0 radical (unpaired) electrons. The predicted octanol–water partition coefficient (Wildman–Crippen LogP) is 2.41. The van der Waals surface area contributed by atoms with Gasteiger partial charge in [0, 0.05) is 30.3 Å². The molecule has 5 nitrogen and oxygen atoms in total. The highest BCUT2D eigenvalue weighted by molar-refractivity contribution is 5.75. The molecule has 2 amide bonds. The number of hydrogen-bond donors (Lipinski definition) is 2. The van der Waals surface area contributed by atoms with Crippen LogP contribution >= 0.6 is 0 Å². The summed E-state index contributed by atoms with van der Waals surface area (Å²) in [6.07, 6.45) is 3.18. The molecule has 1 saturated carbocycles. The second-order valence-corrected chi connectivity index (χ2v) is 6.58. The molecule has 3 unspecified atom stereocenters. The molecule has 130 valence electrons. The lowest BCUT2D eigenvalue weighted by Crippen LogP contribution is -2.39. The van der Waals surface area contributed by atoms with E-state index in [0.29, 0.717) is 30.7 Å². The summed E-state index contributed by atoms with van der Waals surface area (Å²) in [6, 6.07) is 8.74. The minimum Gasteiger partial charge on any atom is -0.481 e. The number of amides is 2. The van der Waals surface area contributed by atoms with Crippen LogP contribution in [0.1, 0.15) is 22.6 Å². The Balaban J connectivity index is 1.27. The number of carbonyl (C=O) groups excluding carboxylic acids is 1. The Morgan fingerprint density at radius 1 is 1.40 bits per heavy atom. The van der Waals surface area contributed by atoms with Gasteiger partial charge in [-0.2, -0.15) is 0 Å². The normalized spacial score (nSPS) is 22.7. The van der Waals surface area contributed by atoms with Gasteiger partial charge >= 0.3 is 6.03 Å². The van der Waals surface area contributed by atoms with Crippen molar-refractivity contribution in [2.45, 2.75) is 24.8 Å². The van der Waals surface area contributed by atoms with Gasteiger partial charge in [0.05, 0.1) is 7.11 Å². The summed E-state index contributed by atoms with van der Waals surface area (Å²) in [5.41, 5.74) is 3.22. The number of carbonyl (C=O) groups is 1. The number of fused-ring (bicyclic) bond motifs is 3. The van der Waals surface area contributed by atoms with Crippen molar-refractivity contribution in [3.8, 4) is 5.88 Å². The standard InChI is InChI=1S/C19H20FN3O2/c1-25-18-11(3-2-7-21-18)6-8-22-19(24)23-17-15-10-12-9-13(20)4-5-14(12)16(15)17/h2-5,7,9,15-17H,6,8,10H2,1H3,(H2,22,23,24). The average Bonchev–Trinajstić information content (AvgIpc) is 3.12. The highest BCUT2D eigenvalue weighted by Crippen LogP contribution is 2.56. The third-order valence-corrected chi connectivity index (χ3v) is 5.11. The summed E-state index contributed by atoms with van der Waals surface area (Å²) in [7, 11) is 1.58. The van der Waals surface area contributed by atoms with Gasteiger partial charge < -0.3 is 15.4 Å². The van der Waals surface area contributed by atoms with Crippen LogP contribution in [0.25, 0.3) is 0 Å². The van der Waals surface area contributed by atoms with Gasteiger partial charge in [-0.05, 0) is 48.1 Å². The molecule has 2 aliphatic carbocycles. The zero-order valence-electron chi connectivity index (χ0n) is 14.0. The average molecular weight is 341 g/mol. The molecule has 2 aromatic rings. The smallest absolute Gasteiger partial charge is 0.315 e. The number of pyridine rings is 1. The third-order valence-electron chi connectivity index (χ3n) is 5.11. The van der Waals surface area contributed by atoms with Gasteiger partial charge in [-0.3, -0.25) is 0 Å². The zero-order chi connectivity index (χ0) is 17.4. The molecule has 2 N–H and O–H groups in total. The fourth-order valence-corrected chi connectivity index (χ4v) is 3.89. The lowest BCUT2D eigenvalue weighted by atomic mass is 10.0. The molecule has 6 heteroatoms. The lowest BCUT2D eigenvalue weighted by molar-refractivity contribution is 0.240. The molecule has 2 aliphatic rings. The second-order valence-electron chi connectivity index (χ2n) is 6.58. The first-order valence-electron chi connectivity index (χ1n) is 8.48. The Morgan fingerprint density at radius 2 is 2.28 bits per heavy atom. The summed E-state index contributed by atoms with van der Waals surface area (Å²) >= 11 is 0. The first-order valence-corrected chi connectivity index (χ1v) is 8.48. The maximum absolute atomic E-state index is 13.3. The van der Waals surface area contributed by atoms with Crippen LogP contribution in [0.15, 0.2) is 36.5 Å². The van der Waals surface area contributed by atoms with Crippen molar-refractivity contribution in [1.82, 2.24) is 15.6 Å². The lowest BCUT2D eigenvalue weighted by Gasteiger charge is -2.11. The quantitative estimate of drug-likeness (QED) is 0.878. The minimum absolute atomic E-state index is 0.158. The van der Waals surface area contributed by atoms with Gasteiger partial charge in [0.15, 0.2) is 0 Å². The Hall–Kier alpha value is -2.63. The number of benzene rings is 1. The van der Waals surface area contributed by atoms with E-state index in [-0.39, 0.29) is 17.9 Å². The van der Waals surface area contributed by atoms with Crippen molar-refractivity contribution < 1.29 is 13.9 Å². The molecule has 1 fully saturated rings. The maximum atomic E-state index is 13.3. The Morgan fingerprint density at radius 3 is 3.12 bits per heavy atom. The number of halogens is 1. The molecule has 25 heavy (non-hydrogen) atoms. The number of aromatic nitrogens is 1. The van der Waals surface area contributed by atoms with E-state index in [9.17, 15) is 9.18 Å². The number of nitrogens with zero attached hydrogens (tertiary/aromatic N) is 1. The molecule has 3 atom stereocenters. The first-order chi connectivity index (χ1) is 12.2. The third kappa shape index (κ3) is 3.04. The van der Waals surface area contributed by atoms with Crippen molar-refractivity contribution in [2.24, 2.45) is 5.92 Å². The number of methoxy groups -OCH3 is 1. The molecule has 0 saturated heterocycles. The van der Waals surface area contributed by atoms with Crippen molar-refractivity contribution in [3.05, 3.63) is 59.0 Å². The van der Waals surface area contributed by atoms with Gasteiger partial charge in [0.1, 0.15) is 5.82 Å². The Bertz CT molecular complexity index is 811. The molecule has 1 heterocycles. The van der Waals surface area contributed by atoms with Crippen LogP contribution in [0.5, 0.6) is 5.88 Å². The molecule has 0 bridgehead atoms. The SMILES string of the molecule is COc1ncccc1CCNC(=O)NC1C2Cc3cc(F)ccc3C21. The highest BCUT2D eigenvalue weighted by Gasteiger charge is 2.56. The van der Waals surface area contributed by atoms with E-state index in [1.807, 2.05) is 18.2 Å². The van der Waals surface area contributed by atoms with Gasteiger partial charge in [-0.1, -0.05) is 12.1 Å². The van der Waals surface area contributed by atoms with E-state index in [0.717, 1.165) is 17.5 Å². The van der Waals surface area contributed by atoms with Crippen molar-refractivity contribution in [3.63, 3.8) is 0 Å². The summed E-state index contributed by atoms with van der Waals surface area (Å²) in [6.45, 7) is 0.512. The largest absolute Gasteiger partial charge is 0.481 e. The Labute approximate surface area is 145 Å². The van der Waals surface area contributed by atoms with Crippen LogP contribution in [0.4, 0.5) is 9.18 Å². The number of ether oxygens (including phenoxy) is 1. The number of urea groups is 1. The number of rotatable bonds is 5. The van der Waals surface area contributed by atoms with Crippen molar-refractivity contribution in [2.75, 3.05) is 13.7 Å². The summed E-state index contributed by atoms with van der Waals surface area (Å²) in [4.78, 5) is 16.2. The first kappa shape index (κ1) is 15.9. The minimum atomic E-state index is -0.187. The highest BCUT2D eigenvalue weighted by atomic mass is 19.1. The van der Waals surface area contributed by atoms with Crippen LogP contribution in [0.2, 0.25) is 0 Å². The van der Waals surface area contributed by atoms with E-state index >= 15 is 0 Å². The monoisotopic (exact) mass is 341 g/mol. The van der Waals surface area contributed by atoms with Gasteiger partial charge in [-0.25, -0.2) is 14.2 Å².